The van der Waals surface area contributed by atoms with Crippen molar-refractivity contribution in [2.24, 2.45) is 11.8 Å². The standard InChI is InChI=1S/C14H20N2O4/c1-7-8(2)20-9(3)11(7)13(17)12-14(19-5)16-10(18-4)6-15-12/h6-9,11H,1-5H3. The van der Waals surface area contributed by atoms with E-state index in [0.717, 1.165) is 0 Å². The average Bonchev–Trinajstić information content (AvgIpc) is 2.70. The minimum atomic E-state index is -0.235. The van der Waals surface area contributed by atoms with Crippen molar-refractivity contribution in [1.82, 2.24) is 9.97 Å². The molecule has 0 radical (unpaired) electrons. The lowest BCUT2D eigenvalue weighted by Crippen LogP contribution is -2.28. The number of carbonyl (C=O) groups is 1. The molecule has 0 bridgehead atoms. The first-order chi connectivity index (χ1) is 9.49. The van der Waals surface area contributed by atoms with Gasteiger partial charge in [0.15, 0.2) is 11.5 Å². The van der Waals surface area contributed by atoms with E-state index in [4.69, 9.17) is 14.2 Å². The summed E-state index contributed by atoms with van der Waals surface area (Å²) in [6, 6.07) is 0. The minimum absolute atomic E-state index is 0.0520. The number of ketones is 1. The van der Waals surface area contributed by atoms with Crippen molar-refractivity contribution in [3.05, 3.63) is 11.9 Å². The summed E-state index contributed by atoms with van der Waals surface area (Å²) in [5.41, 5.74) is 0.231. The highest BCUT2D eigenvalue weighted by Gasteiger charge is 2.43. The van der Waals surface area contributed by atoms with Gasteiger partial charge in [-0.3, -0.25) is 4.79 Å². The number of nitrogens with zero attached hydrogens (tertiary/aromatic N) is 2. The summed E-state index contributed by atoms with van der Waals surface area (Å²) < 4.78 is 15.8. The second-order valence-corrected chi connectivity index (χ2v) is 5.07. The van der Waals surface area contributed by atoms with Crippen LogP contribution in [0.2, 0.25) is 0 Å². The molecule has 6 nitrogen and oxygen atoms in total. The molecule has 1 aliphatic heterocycles. The first-order valence-electron chi connectivity index (χ1n) is 6.64. The second-order valence-electron chi connectivity index (χ2n) is 5.07. The van der Waals surface area contributed by atoms with Crippen LogP contribution in [0.5, 0.6) is 11.8 Å². The van der Waals surface area contributed by atoms with Crippen LogP contribution in [0.15, 0.2) is 6.20 Å². The first-order valence-corrected chi connectivity index (χ1v) is 6.64. The summed E-state index contributed by atoms with van der Waals surface area (Å²) in [7, 11) is 2.95. The fourth-order valence-corrected chi connectivity index (χ4v) is 2.64. The van der Waals surface area contributed by atoms with E-state index in [2.05, 4.69) is 9.97 Å². The van der Waals surface area contributed by atoms with Crippen molar-refractivity contribution in [3.8, 4) is 11.8 Å². The molecule has 0 N–H and O–H groups in total. The van der Waals surface area contributed by atoms with Gasteiger partial charge in [-0.1, -0.05) is 6.92 Å². The summed E-state index contributed by atoms with van der Waals surface area (Å²) >= 11 is 0. The van der Waals surface area contributed by atoms with E-state index < -0.39 is 0 Å². The maximum Gasteiger partial charge on any atom is 0.246 e. The van der Waals surface area contributed by atoms with Crippen LogP contribution in [-0.4, -0.2) is 42.2 Å². The van der Waals surface area contributed by atoms with Crippen LogP contribution in [0.4, 0.5) is 0 Å². The summed E-state index contributed by atoms with van der Waals surface area (Å²) in [4.78, 5) is 20.9. The zero-order chi connectivity index (χ0) is 14.9. The molecule has 20 heavy (non-hydrogen) atoms. The van der Waals surface area contributed by atoms with Gasteiger partial charge >= 0.3 is 0 Å². The van der Waals surface area contributed by atoms with Crippen LogP contribution >= 0.6 is 0 Å². The number of hydrogen-bond donors (Lipinski definition) is 0. The van der Waals surface area contributed by atoms with E-state index in [9.17, 15) is 4.79 Å². The fraction of sp³-hybridized carbons (Fsp3) is 0.643. The van der Waals surface area contributed by atoms with E-state index in [-0.39, 0.29) is 41.4 Å². The van der Waals surface area contributed by atoms with Gasteiger partial charge in [0.2, 0.25) is 11.8 Å². The maximum atomic E-state index is 12.7. The summed E-state index contributed by atoms with van der Waals surface area (Å²) in [5, 5.41) is 0. The van der Waals surface area contributed by atoms with Crippen molar-refractivity contribution in [3.63, 3.8) is 0 Å². The lowest BCUT2D eigenvalue weighted by molar-refractivity contribution is 0.0489. The highest BCUT2D eigenvalue weighted by molar-refractivity contribution is 5.98. The Kier molecular flexibility index (Phi) is 4.23. The molecular weight excluding hydrogens is 260 g/mol. The fourth-order valence-electron chi connectivity index (χ4n) is 2.64. The molecule has 0 aromatic carbocycles. The zero-order valence-corrected chi connectivity index (χ0v) is 12.4. The Morgan fingerprint density at radius 1 is 1.20 bits per heavy atom. The predicted molar refractivity (Wildman–Crippen MR) is 72.1 cm³/mol. The van der Waals surface area contributed by atoms with Crippen molar-refractivity contribution >= 4 is 5.78 Å². The Morgan fingerprint density at radius 3 is 2.40 bits per heavy atom. The molecule has 0 aliphatic carbocycles. The Morgan fingerprint density at radius 2 is 1.90 bits per heavy atom. The topological polar surface area (TPSA) is 70.5 Å². The van der Waals surface area contributed by atoms with Crippen LogP contribution in [0.25, 0.3) is 0 Å². The van der Waals surface area contributed by atoms with Gasteiger partial charge in [-0.25, -0.2) is 4.98 Å². The average molecular weight is 280 g/mol. The Hall–Kier alpha value is -1.69. The number of Topliss-reactive ketones (excluding diaryl/α,β-unsaturated/α-hetero) is 1. The van der Waals surface area contributed by atoms with Crippen LogP contribution in [0.1, 0.15) is 31.3 Å². The molecule has 1 fully saturated rings. The van der Waals surface area contributed by atoms with Gasteiger partial charge in [-0.05, 0) is 19.8 Å². The first kappa shape index (κ1) is 14.7. The minimum Gasteiger partial charge on any atom is -0.480 e. The molecule has 1 aliphatic rings. The van der Waals surface area contributed by atoms with Gasteiger partial charge in [-0.2, -0.15) is 4.98 Å². The van der Waals surface area contributed by atoms with Gasteiger partial charge < -0.3 is 14.2 Å². The molecule has 2 rings (SSSR count). The van der Waals surface area contributed by atoms with Crippen molar-refractivity contribution in [2.45, 2.75) is 33.0 Å². The highest BCUT2D eigenvalue weighted by atomic mass is 16.5. The normalized spacial score (nSPS) is 29.2. The Bertz CT molecular complexity index is 506. The maximum absolute atomic E-state index is 12.7. The second kappa shape index (κ2) is 5.75. The number of methoxy groups -OCH3 is 2. The molecule has 4 unspecified atom stereocenters. The number of aromatic nitrogens is 2. The summed E-state index contributed by atoms with van der Waals surface area (Å²) in [6.07, 6.45) is 1.34. The van der Waals surface area contributed by atoms with Crippen molar-refractivity contribution in [1.29, 1.82) is 0 Å². The highest BCUT2D eigenvalue weighted by Crippen LogP contribution is 2.35. The Balaban J connectivity index is 2.34. The smallest absolute Gasteiger partial charge is 0.246 e. The zero-order valence-electron chi connectivity index (χ0n) is 12.4. The quantitative estimate of drug-likeness (QED) is 0.782. The third-order valence-corrected chi connectivity index (χ3v) is 3.90. The van der Waals surface area contributed by atoms with Gasteiger partial charge in [-0.15, -0.1) is 0 Å². The Labute approximate surface area is 118 Å². The van der Waals surface area contributed by atoms with Crippen LogP contribution in [0, 0.1) is 11.8 Å². The monoisotopic (exact) mass is 280 g/mol. The molecule has 0 spiro atoms. The van der Waals surface area contributed by atoms with Crippen LogP contribution in [-0.2, 0) is 4.74 Å². The molecule has 0 amide bonds. The molecule has 1 aromatic heterocycles. The molecule has 1 aromatic rings. The van der Waals surface area contributed by atoms with Gasteiger partial charge in [0.1, 0.15) is 0 Å². The molecule has 6 heteroatoms. The van der Waals surface area contributed by atoms with Crippen LogP contribution < -0.4 is 9.47 Å². The SMILES string of the molecule is COc1cnc(C(=O)C2C(C)OC(C)C2C)c(OC)n1. The largest absolute Gasteiger partial charge is 0.480 e. The number of rotatable bonds is 4. The van der Waals surface area contributed by atoms with Gasteiger partial charge in [0, 0.05) is 0 Å². The molecule has 110 valence electrons. The summed E-state index contributed by atoms with van der Waals surface area (Å²) in [6.45, 7) is 5.90. The molecule has 2 heterocycles. The van der Waals surface area contributed by atoms with Crippen LogP contribution in [0.3, 0.4) is 0 Å². The third kappa shape index (κ3) is 2.47. The number of carbonyl (C=O) groups excluding carboxylic acids is 1. The molecular formula is C14H20N2O4. The molecule has 4 atom stereocenters. The lowest BCUT2D eigenvalue weighted by Gasteiger charge is -2.17. The third-order valence-electron chi connectivity index (χ3n) is 3.90. The molecule has 0 saturated carbocycles. The van der Waals surface area contributed by atoms with Gasteiger partial charge in [0.05, 0.1) is 38.5 Å². The van der Waals surface area contributed by atoms with Crippen molar-refractivity contribution in [2.75, 3.05) is 14.2 Å². The van der Waals surface area contributed by atoms with E-state index in [1.54, 1.807) is 0 Å². The number of ether oxygens (including phenoxy) is 3. The van der Waals surface area contributed by atoms with E-state index in [1.165, 1.54) is 20.4 Å². The van der Waals surface area contributed by atoms with E-state index in [1.807, 2.05) is 20.8 Å². The van der Waals surface area contributed by atoms with E-state index >= 15 is 0 Å². The number of hydrogen-bond acceptors (Lipinski definition) is 6. The van der Waals surface area contributed by atoms with Crippen molar-refractivity contribution < 1.29 is 19.0 Å². The van der Waals surface area contributed by atoms with E-state index in [0.29, 0.717) is 5.88 Å². The van der Waals surface area contributed by atoms with Gasteiger partial charge in [0.25, 0.3) is 0 Å². The lowest BCUT2D eigenvalue weighted by atomic mass is 9.85. The predicted octanol–water partition coefficient (Wildman–Crippen LogP) is 1.74. The molecule has 1 saturated heterocycles. The summed E-state index contributed by atoms with van der Waals surface area (Å²) in [5.74, 6) is 0.304.